The van der Waals surface area contributed by atoms with Crippen LogP contribution in [0.3, 0.4) is 0 Å². The number of hydrogen-bond acceptors (Lipinski definition) is 3. The van der Waals surface area contributed by atoms with Crippen LogP contribution in [0.5, 0.6) is 0 Å². The molecule has 1 heterocycles. The average molecular weight is 222 g/mol. The van der Waals surface area contributed by atoms with Crippen molar-refractivity contribution in [3.63, 3.8) is 0 Å². The fourth-order valence-corrected chi connectivity index (χ4v) is 1.88. The quantitative estimate of drug-likeness (QED) is 0.831. The second kappa shape index (κ2) is 5.49. The molecule has 0 saturated carbocycles. The maximum Gasteiger partial charge on any atom is 0.356 e. The van der Waals surface area contributed by atoms with Gasteiger partial charge in [0, 0.05) is 19.3 Å². The predicted octanol–water partition coefficient (Wildman–Crippen LogP) is 2.40. The molecule has 0 radical (unpaired) electrons. The number of carboxylic acids is 1. The molecule has 0 aliphatic carbocycles. The second-order valence-corrected chi connectivity index (χ2v) is 3.76. The number of hydrogen-bond donors (Lipinski definition) is 1. The highest BCUT2D eigenvalue weighted by Gasteiger charge is 2.18. The number of aromatic carboxylic acids is 1. The highest BCUT2D eigenvalue weighted by Crippen LogP contribution is 2.21. The molecular formula is C12H18N2O2. The van der Waals surface area contributed by atoms with E-state index in [1.54, 1.807) is 12.1 Å². The number of pyridine rings is 1. The molecular weight excluding hydrogens is 204 g/mol. The van der Waals surface area contributed by atoms with E-state index >= 15 is 0 Å². The van der Waals surface area contributed by atoms with Gasteiger partial charge in [-0.15, -0.1) is 0 Å². The zero-order valence-electron chi connectivity index (χ0n) is 9.97. The van der Waals surface area contributed by atoms with Crippen LogP contribution < -0.4 is 4.90 Å². The van der Waals surface area contributed by atoms with Crippen molar-refractivity contribution in [2.45, 2.75) is 32.7 Å². The fraction of sp³-hybridized carbons (Fsp3) is 0.500. The first-order chi connectivity index (χ1) is 7.61. The highest BCUT2D eigenvalue weighted by molar-refractivity contribution is 5.92. The molecule has 1 aromatic rings. The molecule has 0 amide bonds. The molecule has 0 spiro atoms. The van der Waals surface area contributed by atoms with Crippen molar-refractivity contribution >= 4 is 11.7 Å². The molecule has 0 fully saturated rings. The van der Waals surface area contributed by atoms with Crippen LogP contribution in [0.2, 0.25) is 0 Å². The lowest BCUT2D eigenvalue weighted by molar-refractivity contribution is 0.0691. The first kappa shape index (κ1) is 12.5. The maximum absolute atomic E-state index is 11.0. The molecule has 0 aromatic carbocycles. The van der Waals surface area contributed by atoms with Gasteiger partial charge in [-0.1, -0.05) is 13.8 Å². The summed E-state index contributed by atoms with van der Waals surface area (Å²) in [6.07, 6.45) is 3.48. The molecule has 0 aliphatic heterocycles. The van der Waals surface area contributed by atoms with Gasteiger partial charge in [0.1, 0.15) is 0 Å². The van der Waals surface area contributed by atoms with Crippen LogP contribution in [0.25, 0.3) is 0 Å². The zero-order valence-corrected chi connectivity index (χ0v) is 9.97. The largest absolute Gasteiger partial charge is 0.476 e. The van der Waals surface area contributed by atoms with Crippen LogP contribution >= 0.6 is 0 Å². The van der Waals surface area contributed by atoms with Crippen molar-refractivity contribution in [3.05, 3.63) is 24.0 Å². The van der Waals surface area contributed by atoms with E-state index in [0.29, 0.717) is 11.7 Å². The SMILES string of the molecule is CCC(CC)N(C)c1cccnc1C(=O)O. The Hall–Kier alpha value is -1.58. The Morgan fingerprint density at radius 3 is 2.62 bits per heavy atom. The van der Waals surface area contributed by atoms with Gasteiger partial charge in [0.2, 0.25) is 0 Å². The van der Waals surface area contributed by atoms with E-state index in [4.69, 9.17) is 5.11 Å². The third-order valence-corrected chi connectivity index (χ3v) is 2.86. The molecule has 0 atom stereocenters. The summed E-state index contributed by atoms with van der Waals surface area (Å²) in [5.74, 6) is -0.978. The third-order valence-electron chi connectivity index (χ3n) is 2.86. The molecule has 1 rings (SSSR count). The molecule has 16 heavy (non-hydrogen) atoms. The van der Waals surface area contributed by atoms with Gasteiger partial charge in [-0.2, -0.15) is 0 Å². The third kappa shape index (κ3) is 2.51. The number of carboxylic acid groups (broad SMARTS) is 1. The molecule has 1 N–H and O–H groups in total. The van der Waals surface area contributed by atoms with E-state index in [1.807, 2.05) is 11.9 Å². The summed E-state index contributed by atoms with van der Waals surface area (Å²) >= 11 is 0. The van der Waals surface area contributed by atoms with Gasteiger partial charge in [0.25, 0.3) is 0 Å². The lowest BCUT2D eigenvalue weighted by Crippen LogP contribution is -2.31. The molecule has 4 heteroatoms. The van der Waals surface area contributed by atoms with Crippen LogP contribution in [0.4, 0.5) is 5.69 Å². The average Bonchev–Trinajstić information content (AvgIpc) is 2.30. The van der Waals surface area contributed by atoms with Crippen LogP contribution in [0.1, 0.15) is 37.2 Å². The minimum absolute atomic E-state index is 0.122. The van der Waals surface area contributed by atoms with E-state index in [0.717, 1.165) is 12.8 Å². The highest BCUT2D eigenvalue weighted by atomic mass is 16.4. The van der Waals surface area contributed by atoms with Crippen molar-refractivity contribution in [1.82, 2.24) is 4.98 Å². The number of anilines is 1. The summed E-state index contributed by atoms with van der Waals surface area (Å²) < 4.78 is 0. The minimum atomic E-state index is -0.978. The van der Waals surface area contributed by atoms with Crippen molar-refractivity contribution in [3.8, 4) is 0 Å². The van der Waals surface area contributed by atoms with Crippen molar-refractivity contribution in [1.29, 1.82) is 0 Å². The lowest BCUT2D eigenvalue weighted by Gasteiger charge is -2.28. The topological polar surface area (TPSA) is 53.4 Å². The first-order valence-corrected chi connectivity index (χ1v) is 5.52. The van der Waals surface area contributed by atoms with E-state index in [2.05, 4.69) is 18.8 Å². The smallest absolute Gasteiger partial charge is 0.356 e. The summed E-state index contributed by atoms with van der Waals surface area (Å²) in [7, 11) is 1.92. The molecule has 4 nitrogen and oxygen atoms in total. The number of aromatic nitrogens is 1. The van der Waals surface area contributed by atoms with Crippen molar-refractivity contribution in [2.75, 3.05) is 11.9 Å². The van der Waals surface area contributed by atoms with E-state index < -0.39 is 5.97 Å². The van der Waals surface area contributed by atoms with Crippen molar-refractivity contribution < 1.29 is 9.90 Å². The minimum Gasteiger partial charge on any atom is -0.476 e. The number of nitrogens with zero attached hydrogens (tertiary/aromatic N) is 2. The van der Waals surface area contributed by atoms with Crippen LogP contribution in [0, 0.1) is 0 Å². The summed E-state index contributed by atoms with van der Waals surface area (Å²) in [6, 6.07) is 3.91. The number of rotatable bonds is 5. The zero-order chi connectivity index (χ0) is 12.1. The van der Waals surface area contributed by atoms with Crippen LogP contribution in [-0.2, 0) is 0 Å². The lowest BCUT2D eigenvalue weighted by atomic mass is 10.1. The first-order valence-electron chi connectivity index (χ1n) is 5.52. The Balaban J connectivity index is 3.07. The number of carbonyl (C=O) groups is 1. The molecule has 0 aliphatic rings. The van der Waals surface area contributed by atoms with E-state index in [-0.39, 0.29) is 5.69 Å². The molecule has 1 aromatic heterocycles. The predicted molar refractivity (Wildman–Crippen MR) is 64.0 cm³/mol. The fourth-order valence-electron chi connectivity index (χ4n) is 1.88. The molecule has 0 bridgehead atoms. The Kier molecular flexibility index (Phi) is 4.28. The Morgan fingerprint density at radius 1 is 1.50 bits per heavy atom. The Labute approximate surface area is 95.9 Å². The summed E-state index contributed by atoms with van der Waals surface area (Å²) in [6.45, 7) is 4.20. The van der Waals surface area contributed by atoms with Crippen molar-refractivity contribution in [2.24, 2.45) is 0 Å². The normalized spacial score (nSPS) is 10.5. The van der Waals surface area contributed by atoms with Gasteiger partial charge in [-0.3, -0.25) is 0 Å². The standard InChI is InChI=1S/C12H18N2O2/c1-4-9(5-2)14(3)10-7-6-8-13-11(10)12(15)16/h6-9H,4-5H2,1-3H3,(H,15,16). The Morgan fingerprint density at radius 2 is 2.12 bits per heavy atom. The van der Waals surface area contributed by atoms with Gasteiger partial charge in [-0.25, -0.2) is 9.78 Å². The van der Waals surface area contributed by atoms with Crippen LogP contribution in [-0.4, -0.2) is 29.1 Å². The van der Waals surface area contributed by atoms with Gasteiger partial charge >= 0.3 is 5.97 Å². The van der Waals surface area contributed by atoms with Gasteiger partial charge in [0.15, 0.2) is 5.69 Å². The van der Waals surface area contributed by atoms with Gasteiger partial charge in [-0.05, 0) is 25.0 Å². The maximum atomic E-state index is 11.0. The molecule has 0 unspecified atom stereocenters. The molecule has 88 valence electrons. The van der Waals surface area contributed by atoms with Gasteiger partial charge < -0.3 is 10.0 Å². The summed E-state index contributed by atoms with van der Waals surface area (Å²) in [4.78, 5) is 16.9. The second-order valence-electron chi connectivity index (χ2n) is 3.76. The van der Waals surface area contributed by atoms with E-state index in [1.165, 1.54) is 6.20 Å². The van der Waals surface area contributed by atoms with Crippen LogP contribution in [0.15, 0.2) is 18.3 Å². The summed E-state index contributed by atoms with van der Waals surface area (Å²) in [5.41, 5.74) is 0.806. The molecule has 0 saturated heterocycles. The van der Waals surface area contributed by atoms with Gasteiger partial charge in [0.05, 0.1) is 5.69 Å². The Bertz CT molecular complexity index is 362. The summed E-state index contributed by atoms with van der Waals surface area (Å²) in [5, 5.41) is 9.05. The monoisotopic (exact) mass is 222 g/mol. The van der Waals surface area contributed by atoms with E-state index in [9.17, 15) is 4.79 Å².